The van der Waals surface area contributed by atoms with Gasteiger partial charge in [0, 0.05) is 24.9 Å². The topological polar surface area (TPSA) is 74.8 Å². The van der Waals surface area contributed by atoms with Crippen molar-refractivity contribution < 1.29 is 19.2 Å². The highest BCUT2D eigenvalue weighted by atomic mass is 16.2. The Morgan fingerprint density at radius 1 is 0.857 bits per heavy atom. The molecule has 0 aromatic heterocycles. The van der Waals surface area contributed by atoms with Crippen LogP contribution in [0.3, 0.4) is 0 Å². The summed E-state index contributed by atoms with van der Waals surface area (Å²) in [7, 11) is 1.35. The maximum Gasteiger partial charge on any atom is 0.239 e. The molecule has 0 saturated carbocycles. The van der Waals surface area contributed by atoms with Gasteiger partial charge in [-0.2, -0.15) is 0 Å². The predicted octanol–water partition coefficient (Wildman–Crippen LogP) is 1.58. The van der Waals surface area contributed by atoms with E-state index in [9.17, 15) is 19.2 Å². The van der Waals surface area contributed by atoms with Crippen LogP contribution in [0.25, 0.3) is 0 Å². The Kier molecular flexibility index (Phi) is 5.85. The van der Waals surface area contributed by atoms with Gasteiger partial charge in [0.2, 0.25) is 23.6 Å². The Morgan fingerprint density at radius 3 is 1.57 bits per heavy atom. The van der Waals surface area contributed by atoms with Gasteiger partial charge < -0.3 is 0 Å². The van der Waals surface area contributed by atoms with Crippen LogP contribution >= 0.6 is 0 Å². The monoisotopic (exact) mass is 298 g/mol. The summed E-state index contributed by atoms with van der Waals surface area (Å²) in [6.45, 7) is 11.5. The van der Waals surface area contributed by atoms with Gasteiger partial charge >= 0.3 is 0 Å². The van der Waals surface area contributed by atoms with Crippen LogP contribution in [-0.4, -0.2) is 46.0 Å². The van der Waals surface area contributed by atoms with E-state index < -0.39 is 35.1 Å². The number of rotatable bonds is 2. The Bertz CT molecular complexity index is 455. The third-order valence-corrected chi connectivity index (χ3v) is 2.86. The smallest absolute Gasteiger partial charge is 0.239 e. The lowest BCUT2D eigenvalue weighted by atomic mass is 9.95. The normalized spacial score (nSPS) is 11.8. The van der Waals surface area contributed by atoms with Crippen LogP contribution in [-0.2, 0) is 19.2 Å². The fourth-order valence-electron chi connectivity index (χ4n) is 1.97. The summed E-state index contributed by atoms with van der Waals surface area (Å²) < 4.78 is 0. The molecule has 0 radical (unpaired) electrons. The average Bonchev–Trinajstić information content (AvgIpc) is 2.22. The van der Waals surface area contributed by atoms with Gasteiger partial charge in [-0.25, -0.2) is 0 Å². The lowest BCUT2D eigenvalue weighted by Gasteiger charge is -2.33. The lowest BCUT2D eigenvalue weighted by molar-refractivity contribution is -0.153. The van der Waals surface area contributed by atoms with E-state index in [1.54, 1.807) is 41.5 Å². The number of carbonyl (C=O) groups excluding carboxylic acids is 4. The Balaban J connectivity index is 5.05. The molecule has 0 aromatic carbocycles. The molecule has 4 amide bonds. The van der Waals surface area contributed by atoms with E-state index in [-0.39, 0.29) is 5.91 Å². The fourth-order valence-corrected chi connectivity index (χ4v) is 1.97. The molecule has 0 aliphatic carbocycles. The van der Waals surface area contributed by atoms with Crippen LogP contribution in [0.4, 0.5) is 0 Å². The van der Waals surface area contributed by atoms with Gasteiger partial charge in [-0.1, -0.05) is 20.8 Å². The summed E-state index contributed by atoms with van der Waals surface area (Å²) >= 11 is 0. The summed E-state index contributed by atoms with van der Waals surface area (Å²) in [5.74, 6) is -2.01. The molecule has 0 unspecified atom stereocenters. The van der Waals surface area contributed by atoms with Crippen molar-refractivity contribution in [1.29, 1.82) is 0 Å². The summed E-state index contributed by atoms with van der Waals surface area (Å²) in [6.07, 6.45) is -0.505. The standard InChI is InChI=1S/C15H26N2O4/c1-10(18)17(15(5,6)7)12(20)9-11(19)16(8)13(21)14(2,3)4/h9H2,1-8H3. The van der Waals surface area contributed by atoms with Crippen molar-refractivity contribution >= 4 is 23.6 Å². The average molecular weight is 298 g/mol. The van der Waals surface area contributed by atoms with E-state index >= 15 is 0 Å². The molecular weight excluding hydrogens is 272 g/mol. The van der Waals surface area contributed by atoms with Gasteiger partial charge in [-0.3, -0.25) is 29.0 Å². The quantitative estimate of drug-likeness (QED) is 0.725. The molecule has 6 heteroatoms. The molecule has 0 spiro atoms. The van der Waals surface area contributed by atoms with Gasteiger partial charge in [0.05, 0.1) is 0 Å². The molecule has 0 bridgehead atoms. The molecule has 0 fully saturated rings. The maximum atomic E-state index is 12.2. The summed E-state index contributed by atoms with van der Waals surface area (Å²) in [5.41, 5.74) is -1.42. The SMILES string of the molecule is CC(=O)N(C(=O)CC(=O)N(C)C(=O)C(C)(C)C)C(C)(C)C. The van der Waals surface area contributed by atoms with Crippen molar-refractivity contribution in [2.45, 2.75) is 60.4 Å². The van der Waals surface area contributed by atoms with E-state index in [1.807, 2.05) is 0 Å². The first kappa shape index (κ1) is 19.3. The first-order chi connectivity index (χ1) is 9.19. The zero-order chi connectivity index (χ0) is 17.2. The minimum atomic E-state index is -0.712. The van der Waals surface area contributed by atoms with Gasteiger partial charge in [-0.15, -0.1) is 0 Å². The highest BCUT2D eigenvalue weighted by molar-refractivity contribution is 6.08. The maximum absolute atomic E-state index is 12.2. The summed E-state index contributed by atoms with van der Waals surface area (Å²) in [5, 5.41) is 0. The van der Waals surface area contributed by atoms with Gasteiger partial charge in [-0.05, 0) is 20.8 Å². The van der Waals surface area contributed by atoms with Crippen molar-refractivity contribution in [2.24, 2.45) is 5.41 Å². The van der Waals surface area contributed by atoms with Gasteiger partial charge in [0.15, 0.2) is 0 Å². The van der Waals surface area contributed by atoms with E-state index in [0.29, 0.717) is 0 Å². The van der Waals surface area contributed by atoms with Crippen molar-refractivity contribution in [2.75, 3.05) is 7.05 Å². The molecule has 6 nitrogen and oxygen atoms in total. The van der Waals surface area contributed by atoms with Crippen molar-refractivity contribution in [1.82, 2.24) is 9.80 Å². The molecule has 0 rings (SSSR count). The van der Waals surface area contributed by atoms with Crippen LogP contribution in [0.5, 0.6) is 0 Å². The second kappa shape index (κ2) is 6.37. The number of hydrogen-bond acceptors (Lipinski definition) is 4. The minimum absolute atomic E-state index is 0.370. The zero-order valence-corrected chi connectivity index (χ0v) is 14.2. The summed E-state index contributed by atoms with van der Waals surface area (Å²) in [4.78, 5) is 49.8. The van der Waals surface area contributed by atoms with Crippen LogP contribution in [0.1, 0.15) is 54.9 Å². The van der Waals surface area contributed by atoms with Crippen molar-refractivity contribution in [3.05, 3.63) is 0 Å². The Morgan fingerprint density at radius 2 is 1.29 bits per heavy atom. The summed E-state index contributed by atoms with van der Waals surface area (Å²) in [6, 6.07) is 0. The molecule has 0 saturated heterocycles. The minimum Gasteiger partial charge on any atom is -0.285 e. The fraction of sp³-hybridized carbons (Fsp3) is 0.733. The third-order valence-electron chi connectivity index (χ3n) is 2.86. The first-order valence-corrected chi connectivity index (χ1v) is 6.84. The van der Waals surface area contributed by atoms with E-state index in [0.717, 1.165) is 9.80 Å². The largest absolute Gasteiger partial charge is 0.285 e. The molecular formula is C15H26N2O4. The molecule has 0 atom stereocenters. The third kappa shape index (κ3) is 5.28. The van der Waals surface area contributed by atoms with Crippen molar-refractivity contribution in [3.8, 4) is 0 Å². The van der Waals surface area contributed by atoms with Crippen LogP contribution in [0.2, 0.25) is 0 Å². The molecule has 0 N–H and O–H groups in total. The molecule has 0 aliphatic rings. The number of hydrogen-bond donors (Lipinski definition) is 0. The molecule has 120 valence electrons. The highest BCUT2D eigenvalue weighted by Gasteiger charge is 2.34. The number of imide groups is 2. The predicted molar refractivity (Wildman–Crippen MR) is 79.1 cm³/mol. The van der Waals surface area contributed by atoms with Gasteiger partial charge in [0.25, 0.3) is 0 Å². The zero-order valence-electron chi connectivity index (χ0n) is 14.2. The second-order valence-corrected chi connectivity index (χ2v) is 7.10. The highest BCUT2D eigenvalue weighted by Crippen LogP contribution is 2.18. The molecule has 21 heavy (non-hydrogen) atoms. The number of amides is 4. The van der Waals surface area contributed by atoms with Crippen LogP contribution in [0.15, 0.2) is 0 Å². The molecule has 0 aromatic rings. The number of nitrogens with zero attached hydrogens (tertiary/aromatic N) is 2. The Hall–Kier alpha value is -1.72. The number of carbonyl (C=O) groups is 4. The van der Waals surface area contributed by atoms with Crippen LogP contribution < -0.4 is 0 Å². The first-order valence-electron chi connectivity index (χ1n) is 6.84. The molecule has 0 heterocycles. The van der Waals surface area contributed by atoms with E-state index in [4.69, 9.17) is 0 Å². The molecule has 0 aliphatic heterocycles. The van der Waals surface area contributed by atoms with Gasteiger partial charge in [0.1, 0.15) is 6.42 Å². The van der Waals surface area contributed by atoms with E-state index in [2.05, 4.69) is 0 Å². The lowest BCUT2D eigenvalue weighted by Crippen LogP contribution is -2.50. The van der Waals surface area contributed by atoms with E-state index in [1.165, 1.54) is 14.0 Å². The Labute approximate surface area is 126 Å². The second-order valence-electron chi connectivity index (χ2n) is 7.10. The van der Waals surface area contributed by atoms with Crippen LogP contribution in [0, 0.1) is 5.41 Å². The van der Waals surface area contributed by atoms with Crippen molar-refractivity contribution in [3.63, 3.8) is 0 Å².